The average molecular weight is 403 g/mol. The van der Waals surface area contributed by atoms with Crippen LogP contribution in [0.4, 0.5) is 0 Å². The molecule has 1 spiro atoms. The van der Waals surface area contributed by atoms with E-state index in [0.29, 0.717) is 34.7 Å². The van der Waals surface area contributed by atoms with Gasteiger partial charge in [0.25, 0.3) is 5.91 Å². The van der Waals surface area contributed by atoms with E-state index >= 15 is 0 Å². The Morgan fingerprint density at radius 3 is 2.93 bits per heavy atom. The van der Waals surface area contributed by atoms with Gasteiger partial charge in [-0.1, -0.05) is 31.0 Å². The van der Waals surface area contributed by atoms with Crippen LogP contribution in [0, 0.1) is 11.8 Å². The van der Waals surface area contributed by atoms with Gasteiger partial charge in [0.05, 0.1) is 0 Å². The summed E-state index contributed by atoms with van der Waals surface area (Å²) >= 11 is 6.08. The Labute approximate surface area is 173 Å². The molecular weight excluding hydrogens is 372 g/mol. The Bertz CT molecular complexity index is 752. The van der Waals surface area contributed by atoms with Crippen LogP contribution in [0.3, 0.4) is 0 Å². The van der Waals surface area contributed by atoms with Crippen LogP contribution in [-0.2, 0) is 4.79 Å². The molecule has 4 rings (SSSR count). The first-order valence-electron chi connectivity index (χ1n) is 10.9. The summed E-state index contributed by atoms with van der Waals surface area (Å²) in [4.78, 5) is 27.9. The van der Waals surface area contributed by atoms with E-state index in [1.165, 1.54) is 0 Å². The monoisotopic (exact) mass is 402 g/mol. The third-order valence-electron chi connectivity index (χ3n) is 7.37. The second-order valence-electron chi connectivity index (χ2n) is 8.83. The average Bonchev–Trinajstić information content (AvgIpc) is 3.05. The van der Waals surface area contributed by atoms with E-state index in [1.807, 2.05) is 12.1 Å². The van der Waals surface area contributed by atoms with Gasteiger partial charge in [-0.05, 0) is 75.0 Å². The summed E-state index contributed by atoms with van der Waals surface area (Å²) in [6, 6.07) is 7.35. The van der Waals surface area contributed by atoms with Gasteiger partial charge < -0.3 is 10.2 Å². The molecular formula is C23H31ClN2O2. The molecule has 5 heteroatoms. The van der Waals surface area contributed by atoms with E-state index in [1.54, 1.807) is 12.1 Å². The van der Waals surface area contributed by atoms with Crippen LogP contribution >= 0.6 is 11.6 Å². The van der Waals surface area contributed by atoms with Crippen LogP contribution in [0.15, 0.2) is 24.3 Å². The van der Waals surface area contributed by atoms with Crippen molar-refractivity contribution in [2.24, 2.45) is 11.8 Å². The number of halogens is 1. The summed E-state index contributed by atoms with van der Waals surface area (Å²) in [6.45, 7) is 3.15. The number of rotatable bonds is 4. The molecule has 152 valence electrons. The Morgan fingerprint density at radius 1 is 1.29 bits per heavy atom. The lowest BCUT2D eigenvalue weighted by Gasteiger charge is -2.53. The fraction of sp³-hybridized carbons (Fsp3) is 0.652. The van der Waals surface area contributed by atoms with Crippen molar-refractivity contribution in [1.29, 1.82) is 0 Å². The minimum Gasteiger partial charge on any atom is -0.349 e. The molecule has 1 N–H and O–H groups in total. The highest BCUT2D eigenvalue weighted by atomic mass is 35.5. The van der Waals surface area contributed by atoms with Crippen molar-refractivity contribution in [2.75, 3.05) is 6.54 Å². The zero-order chi connectivity index (χ0) is 19.7. The molecule has 1 aliphatic carbocycles. The molecule has 2 saturated heterocycles. The van der Waals surface area contributed by atoms with E-state index < -0.39 is 0 Å². The number of amides is 2. The van der Waals surface area contributed by atoms with Crippen LogP contribution in [0.25, 0.3) is 0 Å². The third kappa shape index (κ3) is 3.45. The van der Waals surface area contributed by atoms with Gasteiger partial charge in [-0.15, -0.1) is 0 Å². The van der Waals surface area contributed by atoms with Crippen LogP contribution in [0.1, 0.15) is 75.1 Å². The van der Waals surface area contributed by atoms with Crippen LogP contribution in [0.2, 0.25) is 5.02 Å². The molecule has 3 aliphatic rings. The largest absolute Gasteiger partial charge is 0.349 e. The zero-order valence-electron chi connectivity index (χ0n) is 16.8. The molecule has 3 fully saturated rings. The number of hydrogen-bond donors (Lipinski definition) is 1. The number of carbonyl (C=O) groups excluding carboxylic acids is 2. The fourth-order valence-corrected chi connectivity index (χ4v) is 6.48. The van der Waals surface area contributed by atoms with Crippen molar-refractivity contribution < 1.29 is 9.59 Å². The molecule has 1 aromatic rings. The van der Waals surface area contributed by atoms with Gasteiger partial charge in [0, 0.05) is 35.1 Å². The SMILES string of the molecule is CCC[C@H]1[C@@H](NC(=O)c2cccc(Cl)c2)CC[C@@]23CCCN2C(=O)CCC[C@@H]13. The van der Waals surface area contributed by atoms with Gasteiger partial charge in [-0.3, -0.25) is 9.59 Å². The number of nitrogens with zero attached hydrogens (tertiary/aromatic N) is 1. The van der Waals surface area contributed by atoms with E-state index in [4.69, 9.17) is 11.6 Å². The summed E-state index contributed by atoms with van der Waals surface area (Å²) in [6.07, 6.45) is 9.23. The Hall–Kier alpha value is -1.55. The zero-order valence-corrected chi connectivity index (χ0v) is 17.5. The highest BCUT2D eigenvalue weighted by molar-refractivity contribution is 6.30. The minimum atomic E-state index is -0.0301. The maximum Gasteiger partial charge on any atom is 0.251 e. The molecule has 28 heavy (non-hydrogen) atoms. The second kappa shape index (κ2) is 8.06. The number of benzene rings is 1. The highest BCUT2D eigenvalue weighted by Crippen LogP contribution is 2.52. The lowest BCUT2D eigenvalue weighted by molar-refractivity contribution is -0.138. The Balaban J connectivity index is 1.58. The van der Waals surface area contributed by atoms with E-state index in [9.17, 15) is 9.59 Å². The van der Waals surface area contributed by atoms with Gasteiger partial charge in [0.15, 0.2) is 0 Å². The van der Waals surface area contributed by atoms with E-state index in [0.717, 1.165) is 57.9 Å². The summed E-state index contributed by atoms with van der Waals surface area (Å²) < 4.78 is 0. The molecule has 0 bridgehead atoms. The fourth-order valence-electron chi connectivity index (χ4n) is 6.29. The number of nitrogens with one attached hydrogen (secondary N) is 1. The van der Waals surface area contributed by atoms with Crippen LogP contribution in [-0.4, -0.2) is 34.8 Å². The highest BCUT2D eigenvalue weighted by Gasteiger charge is 2.55. The molecule has 1 aromatic carbocycles. The van der Waals surface area contributed by atoms with Crippen LogP contribution < -0.4 is 5.32 Å². The van der Waals surface area contributed by atoms with Gasteiger partial charge in [0.1, 0.15) is 0 Å². The quantitative estimate of drug-likeness (QED) is 0.785. The standard InChI is InChI=1S/C23H31ClN2O2/c1-2-6-18-19-9-4-10-21(27)26-14-5-12-23(19,26)13-11-20(18)25-22(28)16-7-3-8-17(24)15-16/h3,7-8,15,18-20H,2,4-6,9-14H2,1H3,(H,25,28)/t18-,19+,20+,23-/m1/s1. The third-order valence-corrected chi connectivity index (χ3v) is 7.61. The van der Waals surface area contributed by atoms with E-state index in [-0.39, 0.29) is 17.5 Å². The van der Waals surface area contributed by atoms with Crippen molar-refractivity contribution in [1.82, 2.24) is 10.2 Å². The van der Waals surface area contributed by atoms with Gasteiger partial charge in [0.2, 0.25) is 5.91 Å². The molecule has 0 aromatic heterocycles. The van der Waals surface area contributed by atoms with Gasteiger partial charge >= 0.3 is 0 Å². The topological polar surface area (TPSA) is 49.4 Å². The molecule has 0 unspecified atom stereocenters. The number of carbonyl (C=O) groups is 2. The lowest BCUT2D eigenvalue weighted by atomic mass is 9.61. The predicted molar refractivity (Wildman–Crippen MR) is 111 cm³/mol. The van der Waals surface area contributed by atoms with Gasteiger partial charge in [-0.25, -0.2) is 0 Å². The molecule has 2 aliphatic heterocycles. The van der Waals surface area contributed by atoms with Crippen molar-refractivity contribution >= 4 is 23.4 Å². The van der Waals surface area contributed by atoms with Crippen molar-refractivity contribution in [2.45, 2.75) is 76.3 Å². The normalized spacial score (nSPS) is 32.4. The van der Waals surface area contributed by atoms with Crippen molar-refractivity contribution in [3.05, 3.63) is 34.9 Å². The first-order valence-corrected chi connectivity index (χ1v) is 11.3. The van der Waals surface area contributed by atoms with Crippen molar-refractivity contribution in [3.63, 3.8) is 0 Å². The Morgan fingerprint density at radius 2 is 2.14 bits per heavy atom. The second-order valence-corrected chi connectivity index (χ2v) is 9.27. The Kier molecular flexibility index (Phi) is 5.69. The summed E-state index contributed by atoms with van der Waals surface area (Å²) in [5.74, 6) is 1.27. The molecule has 2 amide bonds. The summed E-state index contributed by atoms with van der Waals surface area (Å²) in [7, 11) is 0. The number of hydrogen-bond acceptors (Lipinski definition) is 2. The minimum absolute atomic E-state index is 0.0301. The molecule has 4 atom stereocenters. The lowest BCUT2D eigenvalue weighted by Crippen LogP contribution is -2.60. The predicted octanol–water partition coefficient (Wildman–Crippen LogP) is 4.81. The smallest absolute Gasteiger partial charge is 0.251 e. The first kappa shape index (κ1) is 19.8. The molecule has 2 heterocycles. The first-order chi connectivity index (χ1) is 13.5. The van der Waals surface area contributed by atoms with Gasteiger partial charge in [-0.2, -0.15) is 0 Å². The molecule has 4 nitrogen and oxygen atoms in total. The van der Waals surface area contributed by atoms with E-state index in [2.05, 4.69) is 17.1 Å². The summed E-state index contributed by atoms with van der Waals surface area (Å²) in [5.41, 5.74) is 0.673. The van der Waals surface area contributed by atoms with Crippen molar-refractivity contribution in [3.8, 4) is 0 Å². The maximum absolute atomic E-state index is 12.9. The molecule has 0 radical (unpaired) electrons. The van der Waals surface area contributed by atoms with Crippen LogP contribution in [0.5, 0.6) is 0 Å². The summed E-state index contributed by atoms with van der Waals surface area (Å²) in [5, 5.41) is 3.92. The molecule has 1 saturated carbocycles. The maximum atomic E-state index is 12.9.